The van der Waals surface area contributed by atoms with Crippen LogP contribution in [-0.2, 0) is 15.5 Å². The quantitative estimate of drug-likeness (QED) is 0.780. The van der Waals surface area contributed by atoms with Crippen molar-refractivity contribution in [2.24, 2.45) is 0 Å². The van der Waals surface area contributed by atoms with Crippen LogP contribution < -0.4 is 5.32 Å². The number of anilines is 1. The molecule has 1 N–H and O–H groups in total. The molecular weight excluding hydrogens is 350 g/mol. The van der Waals surface area contributed by atoms with Gasteiger partial charge in [-0.25, -0.2) is 4.79 Å². The molecule has 3 rings (SSSR count). The van der Waals surface area contributed by atoms with Gasteiger partial charge in [-0.2, -0.15) is 0 Å². The molecule has 0 aliphatic heterocycles. The molecule has 0 radical (unpaired) electrons. The van der Waals surface area contributed by atoms with Gasteiger partial charge in [-0.15, -0.1) is 10.2 Å². The second kappa shape index (κ2) is 8.58. The largest absolute Gasteiger partial charge is 0.461 e. The standard InChI is InChI=1S/C19H25N3O3S/c1-3-25-19(23)18-17(15-10-5-6-11-16(15)21-22-18)20-13-8-7-9-14(12-13)26(24)4-2/h5-6,10-11,13-14H,3-4,7-9,12H2,1-2H3,(H,20,21). The van der Waals surface area contributed by atoms with Gasteiger partial charge < -0.3 is 10.1 Å². The molecular formula is C19H25N3O3S. The van der Waals surface area contributed by atoms with E-state index in [4.69, 9.17) is 4.74 Å². The average molecular weight is 375 g/mol. The zero-order chi connectivity index (χ0) is 18.5. The fourth-order valence-electron chi connectivity index (χ4n) is 3.50. The number of carbonyl (C=O) groups is 1. The summed E-state index contributed by atoms with van der Waals surface area (Å²) < 4.78 is 17.4. The number of benzene rings is 1. The summed E-state index contributed by atoms with van der Waals surface area (Å²) in [4.78, 5) is 12.4. The van der Waals surface area contributed by atoms with Gasteiger partial charge >= 0.3 is 5.97 Å². The third kappa shape index (κ3) is 4.03. The van der Waals surface area contributed by atoms with Crippen LogP contribution in [0.3, 0.4) is 0 Å². The molecule has 7 heteroatoms. The lowest BCUT2D eigenvalue weighted by atomic mass is 9.94. The minimum absolute atomic E-state index is 0.157. The Bertz CT molecular complexity index is 812. The van der Waals surface area contributed by atoms with Crippen molar-refractivity contribution in [1.82, 2.24) is 10.2 Å². The number of nitrogens with one attached hydrogen (secondary N) is 1. The predicted molar refractivity (Wildman–Crippen MR) is 104 cm³/mol. The second-order valence-corrected chi connectivity index (χ2v) is 8.47. The Morgan fingerprint density at radius 1 is 1.27 bits per heavy atom. The lowest BCUT2D eigenvalue weighted by Gasteiger charge is -2.30. The molecule has 6 nitrogen and oxygen atoms in total. The molecule has 0 spiro atoms. The van der Waals surface area contributed by atoms with Crippen molar-refractivity contribution < 1.29 is 13.7 Å². The minimum Gasteiger partial charge on any atom is -0.461 e. The second-order valence-electron chi connectivity index (χ2n) is 6.46. The average Bonchev–Trinajstić information content (AvgIpc) is 2.68. The first kappa shape index (κ1) is 18.8. The maximum absolute atomic E-state index is 12.4. The maximum Gasteiger partial charge on any atom is 0.361 e. The summed E-state index contributed by atoms with van der Waals surface area (Å²) in [6.07, 6.45) is 3.84. The topological polar surface area (TPSA) is 81.2 Å². The number of rotatable bonds is 6. The third-order valence-corrected chi connectivity index (χ3v) is 6.51. The molecule has 140 valence electrons. The molecule has 1 saturated carbocycles. The van der Waals surface area contributed by atoms with E-state index < -0.39 is 16.8 Å². The number of hydrogen-bond donors (Lipinski definition) is 1. The van der Waals surface area contributed by atoms with E-state index in [9.17, 15) is 9.00 Å². The van der Waals surface area contributed by atoms with Crippen molar-refractivity contribution in [3.05, 3.63) is 30.0 Å². The Morgan fingerprint density at radius 2 is 2.08 bits per heavy atom. The van der Waals surface area contributed by atoms with Crippen LogP contribution in [0.4, 0.5) is 5.69 Å². The normalized spacial score (nSPS) is 21.3. The van der Waals surface area contributed by atoms with Crippen molar-refractivity contribution in [3.63, 3.8) is 0 Å². The van der Waals surface area contributed by atoms with Gasteiger partial charge in [0.15, 0.2) is 5.69 Å². The lowest BCUT2D eigenvalue weighted by molar-refractivity contribution is 0.0519. The van der Waals surface area contributed by atoms with Gasteiger partial charge in [0, 0.05) is 33.2 Å². The van der Waals surface area contributed by atoms with Gasteiger partial charge in [-0.1, -0.05) is 31.5 Å². The Labute approximate surface area is 156 Å². The Morgan fingerprint density at radius 3 is 2.85 bits per heavy atom. The lowest BCUT2D eigenvalue weighted by Crippen LogP contribution is -2.33. The molecule has 1 fully saturated rings. The summed E-state index contributed by atoms with van der Waals surface area (Å²) in [5.41, 5.74) is 1.61. The van der Waals surface area contributed by atoms with Crippen molar-refractivity contribution in [2.75, 3.05) is 17.7 Å². The molecule has 0 bridgehead atoms. The van der Waals surface area contributed by atoms with Crippen molar-refractivity contribution in [2.45, 2.75) is 50.8 Å². The molecule has 3 atom stereocenters. The van der Waals surface area contributed by atoms with Crippen LogP contribution in [0.1, 0.15) is 50.0 Å². The van der Waals surface area contributed by atoms with Gasteiger partial charge in [0.25, 0.3) is 0 Å². The molecule has 26 heavy (non-hydrogen) atoms. The van der Waals surface area contributed by atoms with E-state index in [2.05, 4.69) is 15.5 Å². The van der Waals surface area contributed by atoms with Crippen molar-refractivity contribution >= 4 is 33.4 Å². The maximum atomic E-state index is 12.4. The van der Waals surface area contributed by atoms with Gasteiger partial charge in [0.05, 0.1) is 17.8 Å². The third-order valence-electron chi connectivity index (χ3n) is 4.77. The Kier molecular flexibility index (Phi) is 6.19. The number of fused-ring (bicyclic) bond motifs is 1. The molecule has 0 saturated heterocycles. The number of ether oxygens (including phenoxy) is 1. The van der Waals surface area contributed by atoms with Crippen LogP contribution in [0, 0.1) is 0 Å². The van der Waals surface area contributed by atoms with Crippen LogP contribution in [0.2, 0.25) is 0 Å². The molecule has 1 aliphatic carbocycles. The van der Waals surface area contributed by atoms with E-state index in [-0.39, 0.29) is 23.6 Å². The van der Waals surface area contributed by atoms with Gasteiger partial charge in [0.2, 0.25) is 0 Å². The summed E-state index contributed by atoms with van der Waals surface area (Å²) in [5, 5.41) is 12.8. The molecule has 3 unspecified atom stereocenters. The van der Waals surface area contributed by atoms with E-state index in [1.54, 1.807) is 6.92 Å². The van der Waals surface area contributed by atoms with E-state index in [0.29, 0.717) is 11.4 Å². The molecule has 0 amide bonds. The summed E-state index contributed by atoms with van der Waals surface area (Å²) in [6.45, 7) is 4.02. The van der Waals surface area contributed by atoms with Crippen LogP contribution >= 0.6 is 0 Å². The van der Waals surface area contributed by atoms with Gasteiger partial charge in [0.1, 0.15) is 0 Å². The highest BCUT2D eigenvalue weighted by Gasteiger charge is 2.28. The zero-order valence-corrected chi connectivity index (χ0v) is 16.1. The van der Waals surface area contributed by atoms with Crippen LogP contribution in [0.5, 0.6) is 0 Å². The smallest absolute Gasteiger partial charge is 0.361 e. The molecule has 1 aromatic carbocycles. The Balaban J connectivity index is 1.93. The molecule has 1 aromatic heterocycles. The van der Waals surface area contributed by atoms with Crippen LogP contribution in [-0.4, -0.2) is 44.0 Å². The molecule has 2 aromatic rings. The van der Waals surface area contributed by atoms with Gasteiger partial charge in [-0.05, 0) is 32.3 Å². The van der Waals surface area contributed by atoms with E-state index in [1.807, 2.05) is 31.2 Å². The first-order valence-corrected chi connectivity index (χ1v) is 10.6. The first-order chi connectivity index (χ1) is 12.6. The van der Waals surface area contributed by atoms with Crippen LogP contribution in [0.25, 0.3) is 10.9 Å². The summed E-state index contributed by atoms with van der Waals surface area (Å²) in [6, 6.07) is 7.77. The molecule has 1 heterocycles. The summed E-state index contributed by atoms with van der Waals surface area (Å²) >= 11 is 0. The number of aromatic nitrogens is 2. The predicted octanol–water partition coefficient (Wildman–Crippen LogP) is 3.30. The van der Waals surface area contributed by atoms with E-state index in [1.165, 1.54) is 0 Å². The zero-order valence-electron chi connectivity index (χ0n) is 15.2. The first-order valence-electron chi connectivity index (χ1n) is 9.20. The minimum atomic E-state index is -0.796. The summed E-state index contributed by atoms with van der Waals surface area (Å²) in [7, 11) is -0.796. The highest BCUT2D eigenvalue weighted by atomic mass is 32.2. The fraction of sp³-hybridized carbons (Fsp3) is 0.526. The molecule has 1 aliphatic rings. The number of esters is 1. The highest BCUT2D eigenvalue weighted by molar-refractivity contribution is 7.85. The highest BCUT2D eigenvalue weighted by Crippen LogP contribution is 2.30. The van der Waals surface area contributed by atoms with Crippen LogP contribution in [0.15, 0.2) is 24.3 Å². The number of hydrogen-bond acceptors (Lipinski definition) is 6. The monoisotopic (exact) mass is 375 g/mol. The Hall–Kier alpha value is -2.02. The SMILES string of the molecule is CCOC(=O)c1nnc2ccccc2c1NC1CCCC(S(=O)CC)C1. The van der Waals surface area contributed by atoms with E-state index >= 15 is 0 Å². The fourth-order valence-corrected chi connectivity index (χ4v) is 4.84. The van der Waals surface area contributed by atoms with Crippen molar-refractivity contribution in [3.8, 4) is 0 Å². The van der Waals surface area contributed by atoms with Crippen molar-refractivity contribution in [1.29, 1.82) is 0 Å². The van der Waals surface area contributed by atoms with Gasteiger partial charge in [-0.3, -0.25) is 4.21 Å². The number of nitrogens with zero attached hydrogens (tertiary/aromatic N) is 2. The summed E-state index contributed by atoms with van der Waals surface area (Å²) in [5.74, 6) is 0.211. The van der Waals surface area contributed by atoms with E-state index in [0.717, 1.165) is 36.6 Å². The number of carbonyl (C=O) groups excluding carboxylic acids is 1.